The van der Waals surface area contributed by atoms with Gasteiger partial charge in [-0.3, -0.25) is 4.79 Å². The Bertz CT molecular complexity index is 351. The van der Waals surface area contributed by atoms with E-state index in [2.05, 4.69) is 10.5 Å². The number of aliphatic hydroxyl groups excluding tert-OH is 1. The van der Waals surface area contributed by atoms with Crippen molar-refractivity contribution in [1.29, 1.82) is 0 Å². The molecule has 0 unspecified atom stereocenters. The molecule has 0 aromatic rings. The molecule has 5 nitrogen and oxygen atoms in total. The fraction of sp³-hybridized carbons (Fsp3) is 0.812. The zero-order valence-corrected chi connectivity index (χ0v) is 13.1. The molecule has 0 bridgehead atoms. The summed E-state index contributed by atoms with van der Waals surface area (Å²) in [5.74, 6) is -0.877. The van der Waals surface area contributed by atoms with E-state index in [1.54, 1.807) is 0 Å². The molecular formula is C16H28N2O3. The maximum atomic E-state index is 11.9. The third-order valence-electron chi connectivity index (χ3n) is 4.09. The average Bonchev–Trinajstić information content (AvgIpc) is 2.42. The predicted octanol–water partition coefficient (Wildman–Crippen LogP) is 4.33. The predicted molar refractivity (Wildman–Crippen MR) is 83.8 cm³/mol. The van der Waals surface area contributed by atoms with Crippen LogP contribution in [0.1, 0.15) is 77.6 Å². The topological polar surface area (TPSA) is 78.8 Å². The SMILES string of the molecule is CC(O)=C(N=O)C(=O)NC1CCCCCCCCCCC1. The second kappa shape index (κ2) is 10.4. The monoisotopic (exact) mass is 296 g/mol. The lowest BCUT2D eigenvalue weighted by Crippen LogP contribution is -2.35. The van der Waals surface area contributed by atoms with E-state index in [0.29, 0.717) is 0 Å². The summed E-state index contributed by atoms with van der Waals surface area (Å²) in [6.45, 7) is 1.30. The highest BCUT2D eigenvalue weighted by atomic mass is 16.3. The molecule has 2 N–H and O–H groups in total. The summed E-state index contributed by atoms with van der Waals surface area (Å²) in [6, 6.07) is 0.0769. The Morgan fingerprint density at radius 3 is 1.76 bits per heavy atom. The summed E-state index contributed by atoms with van der Waals surface area (Å²) < 4.78 is 0. The fourth-order valence-electron chi connectivity index (χ4n) is 2.83. The normalized spacial score (nSPS) is 20.6. The van der Waals surface area contributed by atoms with Crippen molar-refractivity contribution in [3.63, 3.8) is 0 Å². The van der Waals surface area contributed by atoms with Crippen molar-refractivity contribution < 1.29 is 9.90 Å². The summed E-state index contributed by atoms with van der Waals surface area (Å²) >= 11 is 0. The summed E-state index contributed by atoms with van der Waals surface area (Å²) in [4.78, 5) is 22.5. The van der Waals surface area contributed by atoms with Gasteiger partial charge in [-0.25, -0.2) is 0 Å². The first-order valence-corrected chi connectivity index (χ1v) is 8.19. The molecule has 1 rings (SSSR count). The molecule has 0 saturated heterocycles. The molecule has 0 spiro atoms. The maximum absolute atomic E-state index is 11.9. The standard InChI is InChI=1S/C16H28N2O3/c1-13(19)15(18-21)16(20)17-14-11-9-7-5-3-2-4-6-8-10-12-14/h14,19H,2-12H2,1H3,(H,17,20). The van der Waals surface area contributed by atoms with Gasteiger partial charge in [-0.2, -0.15) is 0 Å². The van der Waals surface area contributed by atoms with Crippen LogP contribution in [0.4, 0.5) is 0 Å². The molecule has 1 aliphatic carbocycles. The Hall–Kier alpha value is -1.39. The van der Waals surface area contributed by atoms with Crippen molar-refractivity contribution >= 4 is 5.91 Å². The third kappa shape index (κ3) is 7.25. The van der Waals surface area contributed by atoms with Gasteiger partial charge in [0.15, 0.2) is 0 Å². The number of rotatable bonds is 3. The first-order chi connectivity index (χ1) is 10.1. The Kier molecular flexibility index (Phi) is 8.71. The van der Waals surface area contributed by atoms with Gasteiger partial charge in [-0.1, -0.05) is 57.8 Å². The van der Waals surface area contributed by atoms with Gasteiger partial charge in [-0.15, -0.1) is 4.91 Å². The minimum atomic E-state index is -0.554. The molecular weight excluding hydrogens is 268 g/mol. The zero-order valence-electron chi connectivity index (χ0n) is 13.1. The van der Waals surface area contributed by atoms with E-state index < -0.39 is 11.6 Å². The second-order valence-electron chi connectivity index (χ2n) is 5.96. The van der Waals surface area contributed by atoms with E-state index in [9.17, 15) is 14.8 Å². The van der Waals surface area contributed by atoms with E-state index in [0.717, 1.165) is 25.7 Å². The van der Waals surface area contributed by atoms with Crippen LogP contribution in [0.15, 0.2) is 16.6 Å². The number of nitroso groups, excluding NO2 is 1. The Morgan fingerprint density at radius 2 is 1.38 bits per heavy atom. The number of nitrogens with one attached hydrogen (secondary N) is 1. The highest BCUT2D eigenvalue weighted by molar-refractivity contribution is 5.93. The van der Waals surface area contributed by atoms with Crippen molar-refractivity contribution in [1.82, 2.24) is 5.32 Å². The van der Waals surface area contributed by atoms with Crippen LogP contribution in [-0.4, -0.2) is 17.1 Å². The van der Waals surface area contributed by atoms with Crippen LogP contribution >= 0.6 is 0 Å². The van der Waals surface area contributed by atoms with Crippen LogP contribution in [0.25, 0.3) is 0 Å². The highest BCUT2D eigenvalue weighted by Gasteiger charge is 2.18. The van der Waals surface area contributed by atoms with Gasteiger partial charge in [0, 0.05) is 6.04 Å². The molecule has 21 heavy (non-hydrogen) atoms. The molecule has 1 fully saturated rings. The molecule has 1 aliphatic rings. The summed E-state index contributed by atoms with van der Waals surface area (Å²) in [5.41, 5.74) is -0.402. The van der Waals surface area contributed by atoms with Crippen LogP contribution in [0.5, 0.6) is 0 Å². The summed E-state index contributed by atoms with van der Waals surface area (Å²) in [5, 5.41) is 14.8. The number of allylic oxidation sites excluding steroid dienone is 1. The van der Waals surface area contributed by atoms with Crippen LogP contribution in [-0.2, 0) is 4.79 Å². The quantitative estimate of drug-likeness (QED) is 0.462. The van der Waals surface area contributed by atoms with Crippen molar-refractivity contribution in [2.45, 2.75) is 83.6 Å². The minimum absolute atomic E-state index is 0.0769. The number of hydrogen-bond donors (Lipinski definition) is 2. The Balaban J connectivity index is 2.53. The lowest BCUT2D eigenvalue weighted by Gasteiger charge is -2.19. The minimum Gasteiger partial charge on any atom is -0.510 e. The number of amides is 1. The summed E-state index contributed by atoms with van der Waals surface area (Å²) in [7, 11) is 0. The van der Waals surface area contributed by atoms with Crippen LogP contribution in [0.2, 0.25) is 0 Å². The number of hydrogen-bond acceptors (Lipinski definition) is 4. The van der Waals surface area contributed by atoms with Crippen molar-refractivity contribution in [2.75, 3.05) is 0 Å². The van der Waals surface area contributed by atoms with Gasteiger partial charge in [0.1, 0.15) is 5.76 Å². The van der Waals surface area contributed by atoms with E-state index in [-0.39, 0.29) is 11.8 Å². The molecule has 0 atom stereocenters. The van der Waals surface area contributed by atoms with Crippen LogP contribution in [0, 0.1) is 4.91 Å². The molecule has 1 saturated carbocycles. The summed E-state index contributed by atoms with van der Waals surface area (Å²) in [6.07, 6.45) is 12.9. The third-order valence-corrected chi connectivity index (χ3v) is 4.09. The number of carbonyl (C=O) groups is 1. The first-order valence-electron chi connectivity index (χ1n) is 8.19. The molecule has 5 heteroatoms. The lowest BCUT2D eigenvalue weighted by atomic mass is 9.98. The first kappa shape index (κ1) is 17.7. The van der Waals surface area contributed by atoms with E-state index >= 15 is 0 Å². The van der Waals surface area contributed by atoms with E-state index in [1.165, 1.54) is 51.9 Å². The van der Waals surface area contributed by atoms with Crippen molar-refractivity contribution in [3.8, 4) is 0 Å². The number of nitrogens with zero attached hydrogens (tertiary/aromatic N) is 1. The largest absolute Gasteiger partial charge is 0.510 e. The highest BCUT2D eigenvalue weighted by Crippen LogP contribution is 2.17. The second-order valence-corrected chi connectivity index (χ2v) is 5.96. The molecule has 120 valence electrons. The van der Waals surface area contributed by atoms with Gasteiger partial charge >= 0.3 is 0 Å². The molecule has 1 amide bonds. The molecule has 0 radical (unpaired) electrons. The number of carbonyl (C=O) groups excluding carboxylic acids is 1. The van der Waals surface area contributed by atoms with Crippen molar-refractivity contribution in [3.05, 3.63) is 16.4 Å². The Morgan fingerprint density at radius 1 is 0.952 bits per heavy atom. The molecule has 0 heterocycles. The Labute approximate surface area is 127 Å². The van der Waals surface area contributed by atoms with Crippen molar-refractivity contribution in [2.24, 2.45) is 5.18 Å². The fourth-order valence-corrected chi connectivity index (χ4v) is 2.83. The zero-order chi connectivity index (χ0) is 15.5. The van der Waals surface area contributed by atoms with E-state index in [4.69, 9.17) is 0 Å². The lowest BCUT2D eigenvalue weighted by molar-refractivity contribution is -0.118. The maximum Gasteiger partial charge on any atom is 0.277 e. The van der Waals surface area contributed by atoms with Gasteiger partial charge in [-0.05, 0) is 24.9 Å². The van der Waals surface area contributed by atoms with Gasteiger partial charge in [0.2, 0.25) is 5.70 Å². The van der Waals surface area contributed by atoms with E-state index in [1.807, 2.05) is 0 Å². The van der Waals surface area contributed by atoms with Gasteiger partial charge in [0.05, 0.1) is 0 Å². The van der Waals surface area contributed by atoms with Gasteiger partial charge in [0.25, 0.3) is 5.91 Å². The van der Waals surface area contributed by atoms with Crippen LogP contribution < -0.4 is 5.32 Å². The smallest absolute Gasteiger partial charge is 0.277 e. The molecule has 0 aliphatic heterocycles. The van der Waals surface area contributed by atoms with Gasteiger partial charge < -0.3 is 10.4 Å². The average molecular weight is 296 g/mol. The molecule has 0 aromatic heterocycles. The number of aliphatic hydroxyl groups is 1. The van der Waals surface area contributed by atoms with Crippen LogP contribution in [0.3, 0.4) is 0 Å². The molecule has 0 aromatic carbocycles.